The number of hydrogen-bond donors (Lipinski definition) is 0. The van der Waals surface area contributed by atoms with E-state index in [1.165, 1.54) is 0 Å². The summed E-state index contributed by atoms with van der Waals surface area (Å²) in [4.78, 5) is 14.0. The first-order valence-electron chi connectivity index (χ1n) is 9.07. The first-order chi connectivity index (χ1) is 13.8. The van der Waals surface area contributed by atoms with Crippen molar-refractivity contribution in [1.82, 2.24) is 13.8 Å². The van der Waals surface area contributed by atoms with Gasteiger partial charge in [0, 0.05) is 56.4 Å². The molecule has 0 radical (unpaired) electrons. The quantitative estimate of drug-likeness (QED) is 0.656. The van der Waals surface area contributed by atoms with Crippen molar-refractivity contribution in [2.24, 2.45) is 7.05 Å². The maximum Gasteiger partial charge on any atom is 0.256 e. The Labute approximate surface area is 167 Å². The zero-order chi connectivity index (χ0) is 20.8. The van der Waals surface area contributed by atoms with E-state index in [1.807, 2.05) is 35.9 Å². The van der Waals surface area contributed by atoms with Crippen molar-refractivity contribution in [3.63, 3.8) is 0 Å². The second-order valence-electron chi connectivity index (χ2n) is 6.94. The van der Waals surface area contributed by atoms with Gasteiger partial charge in [-0.05, 0) is 18.2 Å². The van der Waals surface area contributed by atoms with Crippen molar-refractivity contribution < 1.29 is 22.0 Å². The monoisotopic (exact) mass is 419 g/mol. The lowest BCUT2D eigenvalue weighted by atomic mass is 10.1. The molecule has 1 aliphatic rings. The number of carbonyl (C=O) groups excluding carboxylic acids is 1. The van der Waals surface area contributed by atoms with Gasteiger partial charge in [-0.1, -0.05) is 18.2 Å². The smallest absolute Gasteiger partial charge is 0.256 e. The van der Waals surface area contributed by atoms with E-state index < -0.39 is 26.6 Å². The minimum atomic E-state index is -4.10. The molecule has 9 heteroatoms. The molecule has 152 valence electrons. The lowest BCUT2D eigenvalue weighted by Gasteiger charge is -2.34. The molecule has 1 aliphatic heterocycles. The molecular formula is C20H19F2N3O3S. The predicted octanol–water partition coefficient (Wildman–Crippen LogP) is 2.60. The SMILES string of the molecule is Cn1cc(C(=O)N2CCN(S(=O)(=O)c3ccc(F)cc3F)CC2)c2ccccc21. The van der Waals surface area contributed by atoms with Crippen molar-refractivity contribution in [1.29, 1.82) is 0 Å². The first kappa shape index (κ1) is 19.5. The van der Waals surface area contributed by atoms with Crippen LogP contribution in [0.2, 0.25) is 0 Å². The van der Waals surface area contributed by atoms with Crippen LogP contribution in [0, 0.1) is 11.6 Å². The highest BCUT2D eigenvalue weighted by Gasteiger charge is 2.32. The van der Waals surface area contributed by atoms with E-state index in [0.29, 0.717) is 11.6 Å². The van der Waals surface area contributed by atoms with Crippen molar-refractivity contribution in [2.75, 3.05) is 26.2 Å². The third-order valence-corrected chi connectivity index (χ3v) is 7.10. The standard InChI is InChI=1S/C20H19F2N3O3S/c1-23-13-16(15-4-2-3-5-18(15)23)20(26)24-8-10-25(11-9-24)29(27,28)19-7-6-14(21)12-17(19)22/h2-7,12-13H,8-11H2,1H3. The molecular weight excluding hydrogens is 400 g/mol. The van der Waals surface area contributed by atoms with E-state index in [0.717, 1.165) is 27.3 Å². The Kier molecular flexibility index (Phi) is 4.87. The predicted molar refractivity (Wildman–Crippen MR) is 104 cm³/mol. The van der Waals surface area contributed by atoms with Gasteiger partial charge in [-0.2, -0.15) is 4.31 Å². The summed E-state index contributed by atoms with van der Waals surface area (Å²) in [5, 5.41) is 0.837. The molecule has 2 heterocycles. The number of amides is 1. The van der Waals surface area contributed by atoms with Gasteiger partial charge >= 0.3 is 0 Å². The molecule has 6 nitrogen and oxygen atoms in total. The molecule has 29 heavy (non-hydrogen) atoms. The number of aryl methyl sites for hydroxylation is 1. The van der Waals surface area contributed by atoms with Gasteiger partial charge in [-0.15, -0.1) is 0 Å². The normalized spacial score (nSPS) is 15.8. The number of hydrogen-bond acceptors (Lipinski definition) is 3. The molecule has 0 aliphatic carbocycles. The van der Waals surface area contributed by atoms with Crippen LogP contribution in [-0.4, -0.2) is 54.3 Å². The summed E-state index contributed by atoms with van der Waals surface area (Å²) in [6, 6.07) is 9.95. The van der Waals surface area contributed by atoms with Crippen LogP contribution in [0.15, 0.2) is 53.6 Å². The molecule has 3 aromatic rings. The van der Waals surface area contributed by atoms with Crippen LogP contribution in [0.1, 0.15) is 10.4 Å². The molecule has 0 N–H and O–H groups in total. The summed E-state index contributed by atoms with van der Waals surface area (Å²) in [5.41, 5.74) is 1.49. The van der Waals surface area contributed by atoms with Crippen molar-refractivity contribution in [3.8, 4) is 0 Å². The molecule has 1 fully saturated rings. The number of benzene rings is 2. The summed E-state index contributed by atoms with van der Waals surface area (Å²) in [5.74, 6) is -2.14. The van der Waals surface area contributed by atoms with Crippen molar-refractivity contribution in [3.05, 3.63) is 65.9 Å². The molecule has 0 atom stereocenters. The number of fused-ring (bicyclic) bond motifs is 1. The van der Waals surface area contributed by atoms with Crippen LogP contribution in [0.3, 0.4) is 0 Å². The highest BCUT2D eigenvalue weighted by atomic mass is 32.2. The molecule has 0 saturated carbocycles. The van der Waals surface area contributed by atoms with E-state index in [9.17, 15) is 22.0 Å². The number of piperazine rings is 1. The molecule has 1 aromatic heterocycles. The lowest BCUT2D eigenvalue weighted by Crippen LogP contribution is -2.50. The molecule has 0 bridgehead atoms. The van der Waals surface area contributed by atoms with Gasteiger partial charge in [0.15, 0.2) is 0 Å². The molecule has 2 aromatic carbocycles. The van der Waals surface area contributed by atoms with Gasteiger partial charge in [0.05, 0.1) is 5.56 Å². The fraction of sp³-hybridized carbons (Fsp3) is 0.250. The van der Waals surface area contributed by atoms with E-state index in [-0.39, 0.29) is 32.1 Å². The largest absolute Gasteiger partial charge is 0.350 e. The average molecular weight is 419 g/mol. The Morgan fingerprint density at radius 2 is 1.69 bits per heavy atom. The molecule has 0 unspecified atom stereocenters. The summed E-state index contributed by atoms with van der Waals surface area (Å²) in [6.45, 7) is 0.444. The lowest BCUT2D eigenvalue weighted by molar-refractivity contribution is 0.0699. The van der Waals surface area contributed by atoms with Gasteiger partial charge in [-0.25, -0.2) is 17.2 Å². The Morgan fingerprint density at radius 1 is 1.00 bits per heavy atom. The summed E-state index contributed by atoms with van der Waals surface area (Å²) < 4.78 is 55.5. The fourth-order valence-electron chi connectivity index (χ4n) is 3.64. The number of halogens is 2. The number of para-hydroxylation sites is 1. The van der Waals surface area contributed by atoms with Crippen LogP contribution < -0.4 is 0 Å². The fourth-order valence-corrected chi connectivity index (χ4v) is 5.11. The Hall–Kier alpha value is -2.78. The second kappa shape index (κ2) is 7.23. The van der Waals surface area contributed by atoms with Crippen molar-refractivity contribution in [2.45, 2.75) is 4.90 Å². The minimum absolute atomic E-state index is 0.0374. The molecule has 1 amide bonds. The van der Waals surface area contributed by atoms with Crippen LogP contribution in [0.25, 0.3) is 10.9 Å². The Bertz CT molecular complexity index is 1200. The number of rotatable bonds is 3. The second-order valence-corrected chi connectivity index (χ2v) is 8.85. The van der Waals surface area contributed by atoms with E-state index in [4.69, 9.17) is 0 Å². The van der Waals surface area contributed by atoms with Crippen molar-refractivity contribution >= 4 is 26.8 Å². The zero-order valence-corrected chi connectivity index (χ0v) is 16.5. The minimum Gasteiger partial charge on any atom is -0.350 e. The van der Waals surface area contributed by atoms with Crippen LogP contribution in [0.4, 0.5) is 8.78 Å². The number of carbonyl (C=O) groups is 1. The van der Waals surface area contributed by atoms with Gasteiger partial charge in [0.25, 0.3) is 5.91 Å². The maximum atomic E-state index is 14.0. The first-order valence-corrected chi connectivity index (χ1v) is 10.5. The number of aromatic nitrogens is 1. The average Bonchev–Trinajstić information content (AvgIpc) is 3.04. The summed E-state index contributed by atoms with van der Waals surface area (Å²) in [7, 11) is -2.24. The van der Waals surface area contributed by atoms with Gasteiger partial charge in [0.1, 0.15) is 16.5 Å². The van der Waals surface area contributed by atoms with Crippen LogP contribution in [0.5, 0.6) is 0 Å². The van der Waals surface area contributed by atoms with Crippen LogP contribution >= 0.6 is 0 Å². The highest BCUT2D eigenvalue weighted by Crippen LogP contribution is 2.24. The van der Waals surface area contributed by atoms with Crippen LogP contribution in [-0.2, 0) is 17.1 Å². The molecule has 0 spiro atoms. The van der Waals surface area contributed by atoms with E-state index in [2.05, 4.69) is 0 Å². The van der Waals surface area contributed by atoms with Gasteiger partial charge in [0.2, 0.25) is 10.0 Å². The Morgan fingerprint density at radius 3 is 2.38 bits per heavy atom. The number of nitrogens with zero attached hydrogens (tertiary/aromatic N) is 3. The highest BCUT2D eigenvalue weighted by molar-refractivity contribution is 7.89. The third-order valence-electron chi connectivity index (χ3n) is 5.16. The zero-order valence-electron chi connectivity index (χ0n) is 15.7. The molecule has 4 rings (SSSR count). The van der Waals surface area contributed by atoms with Gasteiger partial charge < -0.3 is 9.47 Å². The number of sulfonamides is 1. The Balaban J connectivity index is 1.52. The topological polar surface area (TPSA) is 62.6 Å². The summed E-state index contributed by atoms with van der Waals surface area (Å²) >= 11 is 0. The maximum absolute atomic E-state index is 14.0. The van der Waals surface area contributed by atoms with E-state index in [1.54, 1.807) is 11.1 Å². The molecule has 1 saturated heterocycles. The van der Waals surface area contributed by atoms with Gasteiger partial charge in [-0.3, -0.25) is 4.79 Å². The van der Waals surface area contributed by atoms with E-state index >= 15 is 0 Å². The third kappa shape index (κ3) is 3.40. The summed E-state index contributed by atoms with van der Waals surface area (Å²) in [6.07, 6.45) is 1.77.